The number of nitrogens with zero attached hydrogens (tertiary/aromatic N) is 3. The smallest absolute Gasteiger partial charge is 0.146 e. The second kappa shape index (κ2) is 8.64. The first-order valence-electron chi connectivity index (χ1n) is 9.42. The molecular formula is C22H24N4O. The highest BCUT2D eigenvalue weighted by Crippen LogP contribution is 2.35. The van der Waals surface area contributed by atoms with Crippen molar-refractivity contribution in [3.05, 3.63) is 77.1 Å². The first kappa shape index (κ1) is 17.5. The average molecular weight is 360 g/mol. The molecule has 5 heteroatoms. The topological polar surface area (TPSA) is 49.8 Å². The van der Waals surface area contributed by atoms with Crippen molar-refractivity contribution in [2.75, 3.05) is 31.7 Å². The van der Waals surface area contributed by atoms with Crippen LogP contribution in [0.25, 0.3) is 6.08 Å². The number of hydrogen-bond donors (Lipinski definition) is 1. The molecule has 27 heavy (non-hydrogen) atoms. The number of nitrogens with one attached hydrogen (secondary N) is 1. The normalized spacial score (nSPS) is 19.3. The van der Waals surface area contributed by atoms with E-state index in [-0.39, 0.29) is 0 Å². The van der Waals surface area contributed by atoms with Gasteiger partial charge in [-0.1, -0.05) is 36.4 Å². The van der Waals surface area contributed by atoms with Gasteiger partial charge in [-0.2, -0.15) is 5.10 Å². The summed E-state index contributed by atoms with van der Waals surface area (Å²) in [6.07, 6.45) is 8.04. The number of aromatic nitrogens is 1. The first-order chi connectivity index (χ1) is 13.4. The zero-order chi connectivity index (χ0) is 18.3. The largest absolute Gasteiger partial charge is 0.378 e. The maximum Gasteiger partial charge on any atom is 0.146 e. The molecule has 5 nitrogen and oxygen atoms in total. The van der Waals surface area contributed by atoms with Gasteiger partial charge in [-0.25, -0.2) is 4.98 Å². The third-order valence-electron chi connectivity index (χ3n) is 4.80. The molecule has 138 valence electrons. The summed E-state index contributed by atoms with van der Waals surface area (Å²) in [5, 5.41) is 4.43. The fourth-order valence-electron chi connectivity index (χ4n) is 3.53. The standard InChI is InChI=1S/C22H24N4O/c1-2-6-18(7-3-1)16-19-9-10-20(22(19)26-12-14-27-15-13-26)17-24-25-21-8-4-5-11-23-21/h1-8,11,16-17H,9-10,12-15H2,(H,23,25)/b19-16+,24-17-. The predicted octanol–water partition coefficient (Wildman–Crippen LogP) is 3.94. The lowest BCUT2D eigenvalue weighted by Gasteiger charge is -2.31. The van der Waals surface area contributed by atoms with Gasteiger partial charge < -0.3 is 9.64 Å². The van der Waals surface area contributed by atoms with E-state index in [1.54, 1.807) is 6.20 Å². The average Bonchev–Trinajstić information content (AvgIpc) is 3.12. The van der Waals surface area contributed by atoms with Crippen LogP contribution in [0.1, 0.15) is 18.4 Å². The predicted molar refractivity (Wildman–Crippen MR) is 109 cm³/mol. The molecule has 1 saturated heterocycles. The lowest BCUT2D eigenvalue weighted by Crippen LogP contribution is -2.36. The van der Waals surface area contributed by atoms with Crippen LogP contribution in [0.15, 0.2) is 76.7 Å². The van der Waals surface area contributed by atoms with Crippen LogP contribution in [0.2, 0.25) is 0 Å². The Hall–Kier alpha value is -2.92. The molecule has 1 aliphatic carbocycles. The summed E-state index contributed by atoms with van der Waals surface area (Å²) in [5.74, 6) is 0.750. The Morgan fingerprint density at radius 3 is 2.59 bits per heavy atom. The van der Waals surface area contributed by atoms with Crippen LogP contribution in [-0.2, 0) is 4.74 Å². The lowest BCUT2D eigenvalue weighted by molar-refractivity contribution is 0.0548. The molecule has 0 atom stereocenters. The number of hydrazone groups is 1. The van der Waals surface area contributed by atoms with Crippen LogP contribution in [0.4, 0.5) is 5.82 Å². The third kappa shape index (κ3) is 4.44. The number of morpholine rings is 1. The van der Waals surface area contributed by atoms with E-state index in [1.807, 2.05) is 24.4 Å². The maximum atomic E-state index is 5.55. The van der Waals surface area contributed by atoms with E-state index in [2.05, 4.69) is 56.8 Å². The minimum absolute atomic E-state index is 0.750. The number of ether oxygens (including phenoxy) is 1. The number of benzene rings is 1. The molecule has 2 aliphatic rings. The SMILES string of the molecule is C(=N/Nc1ccccn1)/C1=C(N2CCOCC2)C(=C/c2ccccc2)/CC1. The number of rotatable bonds is 5. The van der Waals surface area contributed by atoms with Crippen LogP contribution < -0.4 is 5.43 Å². The van der Waals surface area contributed by atoms with Crippen LogP contribution in [0.3, 0.4) is 0 Å². The molecule has 1 aromatic heterocycles. The summed E-state index contributed by atoms with van der Waals surface area (Å²) in [6, 6.07) is 16.3. The van der Waals surface area contributed by atoms with Gasteiger partial charge in [0.05, 0.1) is 19.4 Å². The number of anilines is 1. The maximum absolute atomic E-state index is 5.55. The van der Waals surface area contributed by atoms with Crippen molar-refractivity contribution in [2.45, 2.75) is 12.8 Å². The molecule has 1 N–H and O–H groups in total. The Labute approximate surface area is 160 Å². The molecular weight excluding hydrogens is 336 g/mol. The Bertz CT molecular complexity index is 837. The second-order valence-electron chi connectivity index (χ2n) is 6.64. The van der Waals surface area contributed by atoms with Gasteiger partial charge in [0.1, 0.15) is 5.82 Å². The molecule has 2 heterocycles. The van der Waals surface area contributed by atoms with Gasteiger partial charge in [-0.3, -0.25) is 5.43 Å². The van der Waals surface area contributed by atoms with Gasteiger partial charge in [0.25, 0.3) is 0 Å². The quantitative estimate of drug-likeness (QED) is 0.648. The zero-order valence-corrected chi connectivity index (χ0v) is 15.3. The summed E-state index contributed by atoms with van der Waals surface area (Å²) < 4.78 is 5.55. The van der Waals surface area contributed by atoms with Crippen LogP contribution >= 0.6 is 0 Å². The molecule has 4 rings (SSSR count). The molecule has 1 aliphatic heterocycles. The van der Waals surface area contributed by atoms with Crippen LogP contribution in [0, 0.1) is 0 Å². The molecule has 0 saturated carbocycles. The van der Waals surface area contributed by atoms with Crippen molar-refractivity contribution in [3.8, 4) is 0 Å². The Kier molecular flexibility index (Phi) is 5.60. The first-order valence-corrected chi connectivity index (χ1v) is 9.42. The van der Waals surface area contributed by atoms with Gasteiger partial charge in [0.15, 0.2) is 0 Å². The van der Waals surface area contributed by atoms with Gasteiger partial charge >= 0.3 is 0 Å². The molecule has 1 fully saturated rings. The molecule has 0 spiro atoms. The third-order valence-corrected chi connectivity index (χ3v) is 4.80. The van der Waals surface area contributed by atoms with E-state index in [9.17, 15) is 0 Å². The van der Waals surface area contributed by atoms with Gasteiger partial charge in [-0.15, -0.1) is 0 Å². The van der Waals surface area contributed by atoms with E-state index < -0.39 is 0 Å². The summed E-state index contributed by atoms with van der Waals surface area (Å²) in [5.41, 5.74) is 8.22. The summed E-state index contributed by atoms with van der Waals surface area (Å²) >= 11 is 0. The summed E-state index contributed by atoms with van der Waals surface area (Å²) in [7, 11) is 0. The lowest BCUT2D eigenvalue weighted by atomic mass is 10.1. The molecule has 0 bridgehead atoms. The molecule has 2 aromatic rings. The van der Waals surface area contributed by atoms with Crippen molar-refractivity contribution >= 4 is 18.1 Å². The Morgan fingerprint density at radius 1 is 1.00 bits per heavy atom. The molecule has 0 amide bonds. The highest BCUT2D eigenvalue weighted by Gasteiger charge is 2.25. The number of allylic oxidation sites excluding steroid dienone is 2. The van der Waals surface area contributed by atoms with E-state index in [0.717, 1.165) is 45.0 Å². The number of hydrogen-bond acceptors (Lipinski definition) is 5. The van der Waals surface area contributed by atoms with Crippen LogP contribution in [-0.4, -0.2) is 42.4 Å². The van der Waals surface area contributed by atoms with Crippen molar-refractivity contribution in [1.82, 2.24) is 9.88 Å². The molecule has 0 unspecified atom stereocenters. The highest BCUT2D eigenvalue weighted by molar-refractivity contribution is 5.84. The highest BCUT2D eigenvalue weighted by atomic mass is 16.5. The Morgan fingerprint density at radius 2 is 1.81 bits per heavy atom. The molecule has 1 aromatic carbocycles. The summed E-state index contributed by atoms with van der Waals surface area (Å²) in [4.78, 5) is 6.68. The van der Waals surface area contributed by atoms with Gasteiger partial charge in [0, 0.05) is 25.0 Å². The van der Waals surface area contributed by atoms with E-state index >= 15 is 0 Å². The fourth-order valence-corrected chi connectivity index (χ4v) is 3.53. The van der Waals surface area contributed by atoms with Crippen molar-refractivity contribution in [1.29, 1.82) is 0 Å². The summed E-state index contributed by atoms with van der Waals surface area (Å²) in [6.45, 7) is 3.40. The van der Waals surface area contributed by atoms with Crippen LogP contribution in [0.5, 0.6) is 0 Å². The Balaban J connectivity index is 1.60. The van der Waals surface area contributed by atoms with E-state index in [4.69, 9.17) is 4.74 Å². The van der Waals surface area contributed by atoms with E-state index in [0.29, 0.717) is 0 Å². The monoisotopic (exact) mass is 360 g/mol. The van der Waals surface area contributed by atoms with Crippen molar-refractivity contribution < 1.29 is 4.74 Å². The van der Waals surface area contributed by atoms with Crippen molar-refractivity contribution in [2.24, 2.45) is 5.10 Å². The minimum Gasteiger partial charge on any atom is -0.378 e. The second-order valence-corrected chi connectivity index (χ2v) is 6.64. The van der Waals surface area contributed by atoms with Gasteiger partial charge in [-0.05, 0) is 47.8 Å². The van der Waals surface area contributed by atoms with Crippen molar-refractivity contribution in [3.63, 3.8) is 0 Å². The minimum atomic E-state index is 0.750. The van der Waals surface area contributed by atoms with Gasteiger partial charge in [0.2, 0.25) is 0 Å². The fraction of sp³-hybridized carbons (Fsp3) is 0.273. The van der Waals surface area contributed by atoms with E-state index in [1.165, 1.54) is 22.4 Å². The zero-order valence-electron chi connectivity index (χ0n) is 15.3. The molecule has 0 radical (unpaired) electrons. The number of pyridine rings is 1.